The lowest BCUT2D eigenvalue weighted by Crippen LogP contribution is -2.32. The summed E-state index contributed by atoms with van der Waals surface area (Å²) in [4.78, 5) is 23.8. The first-order valence-electron chi connectivity index (χ1n) is 6.35. The van der Waals surface area contributed by atoms with Gasteiger partial charge in [0.15, 0.2) is 0 Å². The molecule has 0 bridgehead atoms. The number of hydrogen-bond donors (Lipinski definition) is 2. The molecule has 120 valence electrons. The van der Waals surface area contributed by atoms with Crippen LogP contribution < -0.4 is 10.6 Å². The maximum Gasteiger partial charge on any atom is 0.251 e. The summed E-state index contributed by atoms with van der Waals surface area (Å²) >= 11 is 23.4. The van der Waals surface area contributed by atoms with Gasteiger partial charge in [0.05, 0.1) is 27.3 Å². The third kappa shape index (κ3) is 5.01. The summed E-state index contributed by atoms with van der Waals surface area (Å²) in [5.74, 6) is -0.890. The number of amides is 2. The van der Waals surface area contributed by atoms with Gasteiger partial charge < -0.3 is 10.6 Å². The van der Waals surface area contributed by atoms with Gasteiger partial charge in [-0.15, -0.1) is 0 Å². The lowest BCUT2D eigenvalue weighted by Gasteiger charge is -2.09. The van der Waals surface area contributed by atoms with Crippen LogP contribution >= 0.6 is 46.4 Å². The van der Waals surface area contributed by atoms with E-state index in [1.165, 1.54) is 24.3 Å². The second kappa shape index (κ2) is 7.88. The lowest BCUT2D eigenvalue weighted by atomic mass is 10.2. The molecule has 0 saturated heterocycles. The Labute approximate surface area is 152 Å². The van der Waals surface area contributed by atoms with Gasteiger partial charge in [-0.25, -0.2) is 0 Å². The van der Waals surface area contributed by atoms with Crippen molar-refractivity contribution in [1.82, 2.24) is 5.32 Å². The van der Waals surface area contributed by atoms with Crippen molar-refractivity contribution in [3.8, 4) is 0 Å². The van der Waals surface area contributed by atoms with Crippen LogP contribution in [0.1, 0.15) is 10.4 Å². The van der Waals surface area contributed by atoms with Crippen LogP contribution in [0, 0.1) is 0 Å². The van der Waals surface area contributed by atoms with Crippen molar-refractivity contribution in [2.75, 3.05) is 11.9 Å². The molecule has 0 radical (unpaired) electrons. The van der Waals surface area contributed by atoms with E-state index in [0.29, 0.717) is 26.3 Å². The third-order valence-corrected chi connectivity index (χ3v) is 4.10. The monoisotopic (exact) mass is 390 g/mol. The van der Waals surface area contributed by atoms with Crippen molar-refractivity contribution in [2.24, 2.45) is 0 Å². The molecule has 2 aromatic carbocycles. The normalized spacial score (nSPS) is 10.3. The van der Waals surface area contributed by atoms with Crippen LogP contribution in [0.4, 0.5) is 5.69 Å². The molecule has 2 N–H and O–H groups in total. The molecule has 8 heteroatoms. The second-order valence-electron chi connectivity index (χ2n) is 4.48. The molecule has 0 spiro atoms. The topological polar surface area (TPSA) is 58.2 Å². The fourth-order valence-corrected chi connectivity index (χ4v) is 2.32. The largest absolute Gasteiger partial charge is 0.343 e. The van der Waals surface area contributed by atoms with Gasteiger partial charge in [-0.1, -0.05) is 46.4 Å². The van der Waals surface area contributed by atoms with Crippen LogP contribution in [-0.2, 0) is 4.79 Å². The van der Waals surface area contributed by atoms with Gasteiger partial charge in [0, 0.05) is 10.6 Å². The highest BCUT2D eigenvalue weighted by Crippen LogP contribution is 2.25. The number of carbonyl (C=O) groups excluding carboxylic acids is 2. The van der Waals surface area contributed by atoms with Gasteiger partial charge in [0.25, 0.3) is 5.91 Å². The zero-order valence-corrected chi connectivity index (χ0v) is 14.5. The Morgan fingerprint density at radius 1 is 0.870 bits per heavy atom. The molecule has 23 heavy (non-hydrogen) atoms. The summed E-state index contributed by atoms with van der Waals surface area (Å²) in [7, 11) is 0. The smallest absolute Gasteiger partial charge is 0.251 e. The van der Waals surface area contributed by atoms with E-state index < -0.39 is 11.8 Å². The lowest BCUT2D eigenvalue weighted by molar-refractivity contribution is -0.115. The van der Waals surface area contributed by atoms with E-state index in [2.05, 4.69) is 10.6 Å². The number of carbonyl (C=O) groups is 2. The number of anilines is 1. The molecule has 2 rings (SSSR count). The zero-order chi connectivity index (χ0) is 17.0. The molecule has 0 aliphatic carbocycles. The fourth-order valence-electron chi connectivity index (χ4n) is 1.69. The first-order chi connectivity index (χ1) is 10.9. The second-order valence-corrected chi connectivity index (χ2v) is 6.14. The third-order valence-electron chi connectivity index (χ3n) is 2.79. The molecule has 0 aliphatic rings. The average molecular weight is 392 g/mol. The van der Waals surface area contributed by atoms with E-state index in [1.807, 2.05) is 0 Å². The molecule has 0 heterocycles. The summed E-state index contributed by atoms with van der Waals surface area (Å²) in [6, 6.07) is 9.12. The van der Waals surface area contributed by atoms with E-state index in [1.54, 1.807) is 12.1 Å². The minimum Gasteiger partial charge on any atom is -0.343 e. The zero-order valence-electron chi connectivity index (χ0n) is 11.5. The standard InChI is InChI=1S/C15H10Cl4N2O2/c16-9-2-4-11(18)13(6-9)21-14(22)7-20-15(23)8-1-3-10(17)12(19)5-8/h1-6H,7H2,(H,20,23)(H,21,22). The maximum absolute atomic E-state index is 11.9. The molecule has 0 saturated carbocycles. The van der Waals surface area contributed by atoms with E-state index in [0.717, 1.165) is 0 Å². The molecule has 0 unspecified atom stereocenters. The molecule has 4 nitrogen and oxygen atoms in total. The molecule has 2 amide bonds. The molecule has 0 aromatic heterocycles. The molecule has 2 aromatic rings. The van der Waals surface area contributed by atoms with Crippen LogP contribution in [-0.4, -0.2) is 18.4 Å². The Kier molecular flexibility index (Phi) is 6.13. The van der Waals surface area contributed by atoms with Gasteiger partial charge in [-0.2, -0.15) is 0 Å². The Morgan fingerprint density at radius 3 is 2.26 bits per heavy atom. The van der Waals surface area contributed by atoms with Crippen LogP contribution in [0.15, 0.2) is 36.4 Å². The fraction of sp³-hybridized carbons (Fsp3) is 0.0667. The summed E-state index contributed by atoms with van der Waals surface area (Å²) in [6.45, 7) is -0.234. The first-order valence-corrected chi connectivity index (χ1v) is 7.86. The highest BCUT2D eigenvalue weighted by atomic mass is 35.5. The van der Waals surface area contributed by atoms with Crippen LogP contribution in [0.25, 0.3) is 0 Å². The predicted octanol–water partition coefficient (Wildman–Crippen LogP) is 4.67. The van der Waals surface area contributed by atoms with Gasteiger partial charge in [0.2, 0.25) is 5.91 Å². The SMILES string of the molecule is O=C(CNC(=O)c1ccc(Cl)c(Cl)c1)Nc1cc(Cl)ccc1Cl. The minimum atomic E-state index is -0.448. The van der Waals surface area contributed by atoms with Gasteiger partial charge in [-0.05, 0) is 36.4 Å². The van der Waals surface area contributed by atoms with Crippen LogP contribution in [0.3, 0.4) is 0 Å². The van der Waals surface area contributed by atoms with Crippen molar-refractivity contribution >= 4 is 63.9 Å². The molecule has 0 atom stereocenters. The maximum atomic E-state index is 11.9. The van der Waals surface area contributed by atoms with Crippen molar-refractivity contribution < 1.29 is 9.59 Å². The Hall–Kier alpha value is -1.46. The van der Waals surface area contributed by atoms with Crippen molar-refractivity contribution in [3.05, 3.63) is 62.1 Å². The van der Waals surface area contributed by atoms with E-state index in [9.17, 15) is 9.59 Å². The molecular weight excluding hydrogens is 382 g/mol. The number of benzene rings is 2. The van der Waals surface area contributed by atoms with Gasteiger partial charge in [-0.3, -0.25) is 9.59 Å². The predicted molar refractivity (Wildman–Crippen MR) is 93.9 cm³/mol. The van der Waals surface area contributed by atoms with E-state index >= 15 is 0 Å². The number of nitrogens with one attached hydrogen (secondary N) is 2. The van der Waals surface area contributed by atoms with Crippen molar-refractivity contribution in [2.45, 2.75) is 0 Å². The van der Waals surface area contributed by atoms with Gasteiger partial charge >= 0.3 is 0 Å². The van der Waals surface area contributed by atoms with Crippen molar-refractivity contribution in [3.63, 3.8) is 0 Å². The molecular formula is C15H10Cl4N2O2. The highest BCUT2D eigenvalue weighted by molar-refractivity contribution is 6.42. The average Bonchev–Trinajstić information content (AvgIpc) is 2.51. The van der Waals surface area contributed by atoms with E-state index in [4.69, 9.17) is 46.4 Å². The summed E-state index contributed by atoms with van der Waals surface area (Å²) in [6.07, 6.45) is 0. The quantitative estimate of drug-likeness (QED) is 0.795. The summed E-state index contributed by atoms with van der Waals surface area (Å²) in [5, 5.41) is 6.42. The van der Waals surface area contributed by atoms with Crippen molar-refractivity contribution in [1.29, 1.82) is 0 Å². The summed E-state index contributed by atoms with van der Waals surface area (Å²) < 4.78 is 0. The number of halogens is 4. The van der Waals surface area contributed by atoms with Gasteiger partial charge in [0.1, 0.15) is 0 Å². The number of hydrogen-bond acceptors (Lipinski definition) is 2. The Morgan fingerprint density at radius 2 is 1.57 bits per heavy atom. The first kappa shape index (κ1) is 17.9. The minimum absolute atomic E-state index is 0.234. The number of rotatable bonds is 4. The highest BCUT2D eigenvalue weighted by Gasteiger charge is 2.11. The Bertz CT molecular complexity index is 765. The van der Waals surface area contributed by atoms with E-state index in [-0.39, 0.29) is 11.6 Å². The molecule has 0 aliphatic heterocycles. The van der Waals surface area contributed by atoms with Crippen LogP contribution in [0.2, 0.25) is 20.1 Å². The molecule has 0 fully saturated rings. The Balaban J connectivity index is 1.94. The van der Waals surface area contributed by atoms with Crippen LogP contribution in [0.5, 0.6) is 0 Å². The summed E-state index contributed by atoms with van der Waals surface area (Å²) in [5.41, 5.74) is 0.668.